The van der Waals surface area contributed by atoms with Gasteiger partial charge in [0.25, 0.3) is 0 Å². The largest absolute Gasteiger partial charge is 0.321 e. The van der Waals surface area contributed by atoms with Gasteiger partial charge in [0.1, 0.15) is 5.69 Å². The maximum Gasteiger partial charge on any atom is 0.224 e. The molecule has 1 amide bonds. The second-order valence-corrected chi connectivity index (χ2v) is 5.61. The number of halogens is 3. The minimum absolute atomic E-state index is 0.280. The van der Waals surface area contributed by atoms with Crippen molar-refractivity contribution in [2.45, 2.75) is 19.3 Å². The fourth-order valence-electron chi connectivity index (χ4n) is 2.20. The average Bonchev–Trinajstić information content (AvgIpc) is 2.35. The number of hydrogen-bond donors (Lipinski definition) is 2. The fourth-order valence-corrected chi connectivity index (χ4v) is 2.60. The number of hydrogen-bond acceptors (Lipinski definition) is 2. The molecular weight excluding hydrogens is 318 g/mol. The summed E-state index contributed by atoms with van der Waals surface area (Å²) in [6, 6.07) is 2.26. The molecule has 0 unspecified atom stereocenters. The van der Waals surface area contributed by atoms with Crippen molar-refractivity contribution >= 4 is 27.5 Å². The van der Waals surface area contributed by atoms with Crippen molar-refractivity contribution in [2.24, 2.45) is 5.92 Å². The normalized spacial score (nSPS) is 16.4. The van der Waals surface area contributed by atoms with E-state index in [1.807, 2.05) is 0 Å². The molecule has 1 aromatic rings. The van der Waals surface area contributed by atoms with E-state index in [4.69, 9.17) is 0 Å². The topological polar surface area (TPSA) is 41.1 Å². The van der Waals surface area contributed by atoms with Crippen molar-refractivity contribution < 1.29 is 13.6 Å². The van der Waals surface area contributed by atoms with E-state index >= 15 is 0 Å². The number of benzene rings is 1. The van der Waals surface area contributed by atoms with Gasteiger partial charge in [0.05, 0.1) is 0 Å². The van der Waals surface area contributed by atoms with Gasteiger partial charge in [-0.05, 0) is 44.0 Å². The smallest absolute Gasteiger partial charge is 0.224 e. The molecule has 1 aliphatic heterocycles. The van der Waals surface area contributed by atoms with Gasteiger partial charge in [-0.2, -0.15) is 0 Å². The van der Waals surface area contributed by atoms with Gasteiger partial charge in [-0.1, -0.05) is 15.9 Å². The Labute approximate surface area is 118 Å². The quantitative estimate of drug-likeness (QED) is 0.893. The first-order chi connectivity index (χ1) is 9.06. The summed E-state index contributed by atoms with van der Waals surface area (Å²) < 4.78 is 27.4. The Balaban J connectivity index is 1.98. The van der Waals surface area contributed by atoms with E-state index in [0.29, 0.717) is 10.9 Å². The number of nitrogens with one attached hydrogen (secondary N) is 2. The lowest BCUT2D eigenvalue weighted by Crippen LogP contribution is -2.30. The molecule has 0 aliphatic carbocycles. The zero-order valence-corrected chi connectivity index (χ0v) is 11.9. The number of anilines is 1. The molecule has 0 radical (unpaired) electrons. The molecule has 2 rings (SSSR count). The number of amides is 1. The van der Waals surface area contributed by atoms with Crippen LogP contribution in [0.4, 0.5) is 14.5 Å². The highest BCUT2D eigenvalue weighted by Gasteiger charge is 2.19. The third-order valence-corrected chi connectivity index (χ3v) is 3.66. The summed E-state index contributed by atoms with van der Waals surface area (Å²) in [6.07, 6.45) is 2.13. The van der Waals surface area contributed by atoms with Gasteiger partial charge in [-0.25, -0.2) is 8.78 Å². The van der Waals surface area contributed by atoms with Crippen LogP contribution < -0.4 is 10.6 Å². The standard InChI is InChI=1S/C13H15BrF2N2O/c14-9-6-10(15)13(11(16)7-9)18-12(19)5-8-1-3-17-4-2-8/h6-8,17H,1-5H2,(H,18,19). The molecule has 1 aliphatic rings. The Morgan fingerprint density at radius 1 is 1.32 bits per heavy atom. The average molecular weight is 333 g/mol. The molecule has 2 N–H and O–H groups in total. The van der Waals surface area contributed by atoms with Gasteiger partial charge in [-0.3, -0.25) is 4.79 Å². The Hall–Kier alpha value is -1.01. The predicted molar refractivity (Wildman–Crippen MR) is 72.9 cm³/mol. The lowest BCUT2D eigenvalue weighted by molar-refractivity contribution is -0.117. The van der Waals surface area contributed by atoms with Gasteiger partial charge in [0, 0.05) is 10.9 Å². The molecule has 1 heterocycles. The van der Waals surface area contributed by atoms with Crippen molar-refractivity contribution in [2.75, 3.05) is 18.4 Å². The molecule has 104 valence electrons. The Kier molecular flexibility index (Phi) is 4.87. The van der Waals surface area contributed by atoms with Crippen LogP contribution in [-0.4, -0.2) is 19.0 Å². The van der Waals surface area contributed by atoms with Gasteiger partial charge in [-0.15, -0.1) is 0 Å². The van der Waals surface area contributed by atoms with Crippen molar-refractivity contribution in [1.29, 1.82) is 0 Å². The summed E-state index contributed by atoms with van der Waals surface area (Å²) in [6.45, 7) is 1.78. The first-order valence-corrected chi connectivity index (χ1v) is 7.00. The lowest BCUT2D eigenvalue weighted by Gasteiger charge is -2.22. The van der Waals surface area contributed by atoms with Crippen LogP contribution in [0.1, 0.15) is 19.3 Å². The van der Waals surface area contributed by atoms with Crippen LogP contribution in [0.2, 0.25) is 0 Å². The maximum absolute atomic E-state index is 13.6. The molecule has 19 heavy (non-hydrogen) atoms. The van der Waals surface area contributed by atoms with Crippen LogP contribution in [0, 0.1) is 17.6 Å². The van der Waals surface area contributed by atoms with Crippen molar-refractivity contribution in [3.8, 4) is 0 Å². The number of rotatable bonds is 3. The summed E-state index contributed by atoms with van der Waals surface area (Å²) in [5, 5.41) is 5.53. The molecule has 6 heteroatoms. The molecule has 0 saturated carbocycles. The second-order valence-electron chi connectivity index (χ2n) is 4.69. The minimum atomic E-state index is -0.773. The molecule has 0 spiro atoms. The second kappa shape index (κ2) is 6.43. The Morgan fingerprint density at radius 3 is 2.47 bits per heavy atom. The van der Waals surface area contributed by atoms with Crippen LogP contribution in [0.3, 0.4) is 0 Å². The summed E-state index contributed by atoms with van der Waals surface area (Å²) in [7, 11) is 0. The van der Waals surface area contributed by atoms with Crippen LogP contribution in [0.25, 0.3) is 0 Å². The highest BCUT2D eigenvalue weighted by Crippen LogP contribution is 2.24. The van der Waals surface area contributed by atoms with Gasteiger partial charge >= 0.3 is 0 Å². The summed E-state index contributed by atoms with van der Waals surface area (Å²) in [5.41, 5.74) is -0.373. The lowest BCUT2D eigenvalue weighted by atomic mass is 9.94. The van der Waals surface area contributed by atoms with Crippen LogP contribution in [0.15, 0.2) is 16.6 Å². The van der Waals surface area contributed by atoms with Crippen molar-refractivity contribution in [1.82, 2.24) is 5.32 Å². The first-order valence-electron chi connectivity index (χ1n) is 6.21. The molecule has 1 aromatic carbocycles. The summed E-state index contributed by atoms with van der Waals surface area (Å²) >= 11 is 2.99. The van der Waals surface area contributed by atoms with Gasteiger partial charge < -0.3 is 10.6 Å². The monoisotopic (exact) mass is 332 g/mol. The zero-order valence-electron chi connectivity index (χ0n) is 10.3. The number of piperidine rings is 1. The molecule has 1 fully saturated rings. The van der Waals surface area contributed by atoms with Gasteiger partial charge in [0.15, 0.2) is 11.6 Å². The zero-order chi connectivity index (χ0) is 13.8. The molecular formula is C13H15BrF2N2O. The number of carbonyl (C=O) groups is 1. The van der Waals surface area contributed by atoms with Crippen LogP contribution >= 0.6 is 15.9 Å². The maximum atomic E-state index is 13.6. The third kappa shape index (κ3) is 3.98. The molecule has 3 nitrogen and oxygen atoms in total. The first kappa shape index (κ1) is 14.4. The predicted octanol–water partition coefficient (Wildman–Crippen LogP) is 3.06. The van der Waals surface area contributed by atoms with E-state index < -0.39 is 11.6 Å². The molecule has 0 aromatic heterocycles. The van der Waals surface area contributed by atoms with E-state index in [1.54, 1.807) is 0 Å². The van der Waals surface area contributed by atoms with E-state index in [-0.39, 0.29) is 17.5 Å². The molecule has 1 saturated heterocycles. The Bertz CT molecular complexity index is 453. The molecule has 0 bridgehead atoms. The van der Waals surface area contributed by atoms with Crippen LogP contribution in [0.5, 0.6) is 0 Å². The van der Waals surface area contributed by atoms with Crippen molar-refractivity contribution in [3.05, 3.63) is 28.2 Å². The summed E-state index contributed by atoms with van der Waals surface area (Å²) in [4.78, 5) is 11.8. The summed E-state index contributed by atoms with van der Waals surface area (Å²) in [5.74, 6) is -1.61. The third-order valence-electron chi connectivity index (χ3n) is 3.20. The SMILES string of the molecule is O=C(CC1CCNCC1)Nc1c(F)cc(Br)cc1F. The fraction of sp³-hybridized carbons (Fsp3) is 0.462. The highest BCUT2D eigenvalue weighted by atomic mass is 79.9. The van der Waals surface area contributed by atoms with E-state index in [0.717, 1.165) is 38.1 Å². The number of carbonyl (C=O) groups excluding carboxylic acids is 1. The minimum Gasteiger partial charge on any atom is -0.321 e. The van der Waals surface area contributed by atoms with E-state index in [1.165, 1.54) is 0 Å². The van der Waals surface area contributed by atoms with E-state index in [9.17, 15) is 13.6 Å². The van der Waals surface area contributed by atoms with Crippen molar-refractivity contribution in [3.63, 3.8) is 0 Å². The molecule has 0 atom stereocenters. The Morgan fingerprint density at radius 2 is 1.89 bits per heavy atom. The van der Waals surface area contributed by atoms with Gasteiger partial charge in [0.2, 0.25) is 5.91 Å². The highest BCUT2D eigenvalue weighted by molar-refractivity contribution is 9.10. The van der Waals surface area contributed by atoms with E-state index in [2.05, 4.69) is 26.6 Å². The van der Waals surface area contributed by atoms with Crippen LogP contribution in [-0.2, 0) is 4.79 Å².